The summed E-state index contributed by atoms with van der Waals surface area (Å²) >= 11 is 0. The van der Waals surface area contributed by atoms with Crippen LogP contribution in [0.1, 0.15) is 45.2 Å². The van der Waals surface area contributed by atoms with E-state index in [9.17, 15) is 13.9 Å². The van der Waals surface area contributed by atoms with Crippen molar-refractivity contribution < 1.29 is 13.9 Å². The average Bonchev–Trinajstić information content (AvgIpc) is 2.61. The number of hydrogen-bond donors (Lipinski definition) is 3. The largest absolute Gasteiger partial charge is 0.396 e. The number of nitrogens with one attached hydrogen (secondary N) is 2. The van der Waals surface area contributed by atoms with Gasteiger partial charge in [0.25, 0.3) is 0 Å². The van der Waals surface area contributed by atoms with Gasteiger partial charge in [0.15, 0.2) is 5.96 Å². The molecule has 1 aromatic rings. The van der Waals surface area contributed by atoms with Gasteiger partial charge in [-0.3, -0.25) is 4.99 Å². The summed E-state index contributed by atoms with van der Waals surface area (Å²) in [7, 11) is 3.59. The van der Waals surface area contributed by atoms with Crippen LogP contribution in [0.5, 0.6) is 0 Å². The molecule has 160 valence electrons. The van der Waals surface area contributed by atoms with E-state index in [2.05, 4.69) is 29.5 Å². The molecule has 0 saturated carbocycles. The molecule has 2 unspecified atom stereocenters. The molecule has 2 atom stereocenters. The Morgan fingerprint density at radius 3 is 2.32 bits per heavy atom. The zero-order valence-electron chi connectivity index (χ0n) is 17.8. The molecule has 0 bridgehead atoms. The Kier molecular flexibility index (Phi) is 11.0. The topological polar surface area (TPSA) is 59.9 Å². The highest BCUT2D eigenvalue weighted by Gasteiger charge is 2.22. The van der Waals surface area contributed by atoms with E-state index < -0.39 is 17.7 Å². The monoisotopic (exact) mass is 398 g/mol. The van der Waals surface area contributed by atoms with Crippen molar-refractivity contribution in [1.82, 2.24) is 15.5 Å². The van der Waals surface area contributed by atoms with Gasteiger partial charge >= 0.3 is 0 Å². The molecule has 1 rings (SSSR count). The zero-order chi connectivity index (χ0) is 21.1. The summed E-state index contributed by atoms with van der Waals surface area (Å²) in [5.41, 5.74) is 0.0498. The maximum Gasteiger partial charge on any atom is 0.191 e. The van der Waals surface area contributed by atoms with Gasteiger partial charge in [-0.1, -0.05) is 19.9 Å². The van der Waals surface area contributed by atoms with E-state index in [-0.39, 0.29) is 12.2 Å². The van der Waals surface area contributed by atoms with E-state index in [1.165, 1.54) is 18.2 Å². The van der Waals surface area contributed by atoms with Crippen LogP contribution in [0.25, 0.3) is 0 Å². The molecule has 5 nitrogen and oxygen atoms in total. The van der Waals surface area contributed by atoms with Crippen molar-refractivity contribution in [3.63, 3.8) is 0 Å². The lowest BCUT2D eigenvalue weighted by molar-refractivity contribution is 0.245. The van der Waals surface area contributed by atoms with E-state index in [0.29, 0.717) is 43.9 Å². The first-order valence-electron chi connectivity index (χ1n) is 10.0. The van der Waals surface area contributed by atoms with Gasteiger partial charge in [0.2, 0.25) is 0 Å². The maximum atomic E-state index is 14.2. The summed E-state index contributed by atoms with van der Waals surface area (Å²) in [6, 6.07) is 3.45. The number of aliphatic imine (C=N–C) groups is 1. The average molecular weight is 399 g/mol. The Balaban J connectivity index is 2.88. The first-order chi connectivity index (χ1) is 13.3. The van der Waals surface area contributed by atoms with Gasteiger partial charge in [0, 0.05) is 31.8 Å². The molecule has 1 aromatic carbocycles. The zero-order valence-corrected chi connectivity index (χ0v) is 17.8. The number of benzene rings is 1. The van der Waals surface area contributed by atoms with Gasteiger partial charge in [-0.25, -0.2) is 8.78 Å². The summed E-state index contributed by atoms with van der Waals surface area (Å²) in [6.45, 7) is 8.01. The highest BCUT2D eigenvalue weighted by atomic mass is 19.1. The second-order valence-corrected chi connectivity index (χ2v) is 7.72. The van der Waals surface area contributed by atoms with Gasteiger partial charge in [-0.05, 0) is 57.8 Å². The molecule has 28 heavy (non-hydrogen) atoms. The Hall–Kier alpha value is -1.73. The molecule has 0 fully saturated rings. The molecule has 3 N–H and O–H groups in total. The highest BCUT2D eigenvalue weighted by Crippen LogP contribution is 2.24. The van der Waals surface area contributed by atoms with Crippen LogP contribution in [0.4, 0.5) is 8.78 Å². The molecule has 0 spiro atoms. The molecule has 0 aliphatic carbocycles. The molecule has 0 aliphatic rings. The van der Waals surface area contributed by atoms with Crippen molar-refractivity contribution in [2.45, 2.75) is 39.7 Å². The molecule has 0 heterocycles. The van der Waals surface area contributed by atoms with Gasteiger partial charge in [0.1, 0.15) is 11.6 Å². The smallest absolute Gasteiger partial charge is 0.191 e. The Morgan fingerprint density at radius 2 is 1.82 bits per heavy atom. The van der Waals surface area contributed by atoms with Crippen LogP contribution in [0, 0.1) is 23.5 Å². The fraction of sp³-hybridized carbons (Fsp3) is 0.667. The molecule has 0 saturated heterocycles. The van der Waals surface area contributed by atoms with Crippen molar-refractivity contribution in [3.05, 3.63) is 35.4 Å². The number of rotatable bonds is 11. The van der Waals surface area contributed by atoms with Crippen molar-refractivity contribution in [2.75, 3.05) is 40.3 Å². The van der Waals surface area contributed by atoms with Crippen LogP contribution >= 0.6 is 0 Å². The molecule has 0 radical (unpaired) electrons. The van der Waals surface area contributed by atoms with Crippen LogP contribution in [0.2, 0.25) is 0 Å². The molecule has 0 aliphatic heterocycles. The van der Waals surface area contributed by atoms with Gasteiger partial charge in [-0.2, -0.15) is 0 Å². The van der Waals surface area contributed by atoms with Crippen LogP contribution < -0.4 is 10.6 Å². The number of aliphatic hydroxyl groups excluding tert-OH is 1. The molecule has 7 heteroatoms. The lowest BCUT2D eigenvalue weighted by Gasteiger charge is -2.27. The number of aliphatic hydroxyl groups is 1. The Bertz CT molecular complexity index is 588. The van der Waals surface area contributed by atoms with Crippen molar-refractivity contribution >= 4 is 5.96 Å². The normalized spacial score (nSPS) is 14.4. The third-order valence-corrected chi connectivity index (χ3v) is 4.61. The minimum absolute atomic E-state index is 0.0498. The number of likely N-dealkylation sites (N-methyl/N-ethyl adjacent to an activating group) is 1. The summed E-state index contributed by atoms with van der Waals surface area (Å²) < 4.78 is 28.5. The SMILES string of the molecule is CCNC(=NCC(CCO)CC(C)C)NCC(c1c(F)cccc1F)N(C)C. The predicted octanol–water partition coefficient (Wildman–Crippen LogP) is 3.17. The van der Waals surface area contributed by atoms with Crippen LogP contribution in [0.15, 0.2) is 23.2 Å². The summed E-state index contributed by atoms with van der Waals surface area (Å²) in [5.74, 6) is 0.334. The number of guanidine groups is 1. The van der Waals surface area contributed by atoms with Gasteiger partial charge in [-0.15, -0.1) is 0 Å². The fourth-order valence-corrected chi connectivity index (χ4v) is 3.26. The second kappa shape index (κ2) is 12.7. The van der Waals surface area contributed by atoms with Crippen LogP contribution in [-0.4, -0.2) is 56.3 Å². The van der Waals surface area contributed by atoms with E-state index in [1.807, 2.05) is 6.92 Å². The number of halogens is 2. The number of hydrogen-bond acceptors (Lipinski definition) is 3. The standard InChI is InChI=1S/C21H36F2N4O/c1-6-24-21(25-13-16(10-11-28)12-15(2)3)26-14-19(27(4)5)20-17(22)8-7-9-18(20)23/h7-9,15-16,19,28H,6,10-14H2,1-5H3,(H2,24,25,26). The minimum Gasteiger partial charge on any atom is -0.396 e. The highest BCUT2D eigenvalue weighted by molar-refractivity contribution is 5.79. The van der Waals surface area contributed by atoms with Gasteiger partial charge in [0.05, 0.1) is 6.04 Å². The lowest BCUT2D eigenvalue weighted by Crippen LogP contribution is -2.42. The molecule has 0 aromatic heterocycles. The maximum absolute atomic E-state index is 14.2. The predicted molar refractivity (Wildman–Crippen MR) is 111 cm³/mol. The van der Waals surface area contributed by atoms with E-state index >= 15 is 0 Å². The van der Waals surface area contributed by atoms with Gasteiger partial charge < -0.3 is 20.6 Å². The molecular formula is C21H36F2N4O. The first-order valence-corrected chi connectivity index (χ1v) is 10.0. The lowest BCUT2D eigenvalue weighted by atomic mass is 9.94. The second-order valence-electron chi connectivity index (χ2n) is 7.72. The molecular weight excluding hydrogens is 362 g/mol. The van der Waals surface area contributed by atoms with E-state index in [4.69, 9.17) is 0 Å². The molecule has 0 amide bonds. The van der Waals surface area contributed by atoms with E-state index in [0.717, 1.165) is 6.42 Å². The Morgan fingerprint density at radius 1 is 1.18 bits per heavy atom. The van der Waals surface area contributed by atoms with Crippen LogP contribution in [0.3, 0.4) is 0 Å². The fourth-order valence-electron chi connectivity index (χ4n) is 3.26. The van der Waals surface area contributed by atoms with Crippen molar-refractivity contribution in [3.8, 4) is 0 Å². The third kappa shape index (κ3) is 8.10. The Labute approximate surface area is 168 Å². The number of nitrogens with zero attached hydrogens (tertiary/aromatic N) is 2. The van der Waals surface area contributed by atoms with Crippen molar-refractivity contribution in [2.24, 2.45) is 16.8 Å². The van der Waals surface area contributed by atoms with Crippen LogP contribution in [-0.2, 0) is 0 Å². The summed E-state index contributed by atoms with van der Waals surface area (Å²) in [4.78, 5) is 6.42. The minimum atomic E-state index is -0.553. The quantitative estimate of drug-likeness (QED) is 0.396. The first kappa shape index (κ1) is 24.3. The summed E-state index contributed by atoms with van der Waals surface area (Å²) in [5, 5.41) is 15.7. The van der Waals surface area contributed by atoms with E-state index in [1.54, 1.807) is 19.0 Å². The van der Waals surface area contributed by atoms with Crippen molar-refractivity contribution in [1.29, 1.82) is 0 Å². The third-order valence-electron chi connectivity index (χ3n) is 4.61. The summed E-state index contributed by atoms with van der Waals surface area (Å²) in [6.07, 6.45) is 1.70.